The molecule has 0 heterocycles. The van der Waals surface area contributed by atoms with Crippen molar-refractivity contribution in [3.05, 3.63) is 69.3 Å². The van der Waals surface area contributed by atoms with Crippen LogP contribution in [-0.2, 0) is 9.59 Å². The Balaban J connectivity index is 0.00000145. The number of hydrogen-bond donors (Lipinski definition) is 0. The van der Waals surface area contributed by atoms with Crippen LogP contribution in [0.3, 0.4) is 0 Å². The van der Waals surface area contributed by atoms with Gasteiger partial charge in [-0.3, -0.25) is 9.59 Å². The second kappa shape index (κ2) is 11.3. The second-order valence-electron chi connectivity index (χ2n) is 7.77. The number of halogens is 1. The highest BCUT2D eigenvalue weighted by molar-refractivity contribution is 6.41. The van der Waals surface area contributed by atoms with Crippen LogP contribution in [0, 0.1) is 12.8 Å². The van der Waals surface area contributed by atoms with E-state index in [1.54, 1.807) is 0 Å². The molecule has 2 aliphatic rings. The molecule has 2 nitrogen and oxygen atoms in total. The van der Waals surface area contributed by atoms with Crippen molar-refractivity contribution >= 4 is 23.7 Å². The standard InChI is InChI=1S/C24H27ClO2.C2H6/c1-16-7-9-18(10-8-16)19-11-13-20(14-12-19)23(22(25)15-26)24(27)21-6-4-3-5-17(21)2;1-2/h3,5,7-10,15,19-20H,4,6,11-14H2,1-2H3;1-2H3/b23-22+;. The van der Waals surface area contributed by atoms with E-state index in [2.05, 4.69) is 37.3 Å². The Morgan fingerprint density at radius 1 is 1.03 bits per heavy atom. The van der Waals surface area contributed by atoms with E-state index in [9.17, 15) is 9.59 Å². The molecule has 1 aromatic carbocycles. The predicted molar refractivity (Wildman–Crippen MR) is 122 cm³/mol. The molecule has 1 fully saturated rings. The number of ketones is 1. The van der Waals surface area contributed by atoms with Crippen molar-refractivity contribution in [2.24, 2.45) is 5.92 Å². The maximum atomic E-state index is 13.2. The second-order valence-corrected chi connectivity index (χ2v) is 8.18. The van der Waals surface area contributed by atoms with Crippen molar-refractivity contribution in [2.45, 2.75) is 72.1 Å². The highest BCUT2D eigenvalue weighted by Crippen LogP contribution is 2.41. The molecule has 1 aromatic rings. The zero-order chi connectivity index (χ0) is 21.4. The maximum absolute atomic E-state index is 13.2. The van der Waals surface area contributed by atoms with E-state index in [-0.39, 0.29) is 16.7 Å². The molecule has 0 aliphatic heterocycles. The van der Waals surface area contributed by atoms with E-state index in [1.807, 2.05) is 26.8 Å². The van der Waals surface area contributed by atoms with Gasteiger partial charge in [0.25, 0.3) is 0 Å². The Morgan fingerprint density at radius 3 is 2.21 bits per heavy atom. The van der Waals surface area contributed by atoms with Crippen LogP contribution in [0.1, 0.15) is 76.3 Å². The Hall–Kier alpha value is -1.93. The van der Waals surface area contributed by atoms with Crippen molar-refractivity contribution < 1.29 is 9.59 Å². The van der Waals surface area contributed by atoms with Crippen molar-refractivity contribution in [1.82, 2.24) is 0 Å². The molecule has 0 unspecified atom stereocenters. The van der Waals surface area contributed by atoms with Gasteiger partial charge in [-0.05, 0) is 75.3 Å². The maximum Gasteiger partial charge on any atom is 0.187 e. The topological polar surface area (TPSA) is 34.1 Å². The van der Waals surface area contributed by atoms with Crippen LogP contribution >= 0.6 is 11.6 Å². The van der Waals surface area contributed by atoms with Gasteiger partial charge in [-0.2, -0.15) is 0 Å². The van der Waals surface area contributed by atoms with Crippen molar-refractivity contribution in [3.8, 4) is 0 Å². The van der Waals surface area contributed by atoms with E-state index >= 15 is 0 Å². The van der Waals surface area contributed by atoms with Crippen molar-refractivity contribution in [1.29, 1.82) is 0 Å². The summed E-state index contributed by atoms with van der Waals surface area (Å²) in [5.41, 5.74) is 4.99. The average Bonchev–Trinajstić information content (AvgIpc) is 2.76. The zero-order valence-corrected chi connectivity index (χ0v) is 18.9. The Bertz CT molecular complexity index is 804. The molecule has 156 valence electrons. The van der Waals surface area contributed by atoms with E-state index in [0.29, 0.717) is 17.8 Å². The molecule has 0 radical (unpaired) electrons. The molecule has 0 amide bonds. The van der Waals surface area contributed by atoms with Crippen LogP contribution in [0.5, 0.6) is 0 Å². The first-order valence-electron chi connectivity index (χ1n) is 10.8. The van der Waals surface area contributed by atoms with Gasteiger partial charge in [0.1, 0.15) is 0 Å². The molecule has 0 atom stereocenters. The summed E-state index contributed by atoms with van der Waals surface area (Å²) < 4.78 is 0. The van der Waals surface area contributed by atoms with Gasteiger partial charge in [0.2, 0.25) is 0 Å². The van der Waals surface area contributed by atoms with Gasteiger partial charge < -0.3 is 0 Å². The first-order valence-corrected chi connectivity index (χ1v) is 11.2. The summed E-state index contributed by atoms with van der Waals surface area (Å²) in [4.78, 5) is 24.6. The van der Waals surface area contributed by atoms with Gasteiger partial charge in [-0.25, -0.2) is 0 Å². The van der Waals surface area contributed by atoms with E-state index < -0.39 is 0 Å². The van der Waals surface area contributed by atoms with Crippen molar-refractivity contribution in [3.63, 3.8) is 0 Å². The minimum absolute atomic E-state index is 0.0206. The number of hydrogen-bond acceptors (Lipinski definition) is 2. The Labute approximate surface area is 180 Å². The number of aldehydes is 1. The van der Waals surface area contributed by atoms with Gasteiger partial charge >= 0.3 is 0 Å². The number of allylic oxidation sites excluding steroid dienone is 6. The molecule has 3 heteroatoms. The number of carbonyl (C=O) groups excluding carboxylic acids is 2. The highest BCUT2D eigenvalue weighted by Gasteiger charge is 2.31. The molecule has 1 saturated carbocycles. The first kappa shape index (κ1) is 23.3. The van der Waals surface area contributed by atoms with E-state index in [4.69, 9.17) is 11.6 Å². The number of carbonyl (C=O) groups is 2. The average molecular weight is 413 g/mol. The SMILES string of the molecule is CC.CC1=C(C(=O)/C(=C(/Cl)C=O)C2CCC(c3ccc(C)cc3)CC2)CCC=C1. The molecular formula is C26H33ClO2. The predicted octanol–water partition coefficient (Wildman–Crippen LogP) is 7.22. The number of rotatable bonds is 5. The molecule has 0 N–H and O–H groups in total. The van der Waals surface area contributed by atoms with Crippen LogP contribution in [0.25, 0.3) is 0 Å². The lowest BCUT2D eigenvalue weighted by atomic mass is 9.73. The number of benzene rings is 1. The third-order valence-corrected chi connectivity index (χ3v) is 6.26. The lowest BCUT2D eigenvalue weighted by molar-refractivity contribution is -0.113. The monoisotopic (exact) mass is 412 g/mol. The fourth-order valence-corrected chi connectivity index (χ4v) is 4.59. The number of Topliss-reactive ketones (excluding diaryl/α,β-unsaturated/α-hetero) is 1. The van der Waals surface area contributed by atoms with Gasteiger partial charge in [0, 0.05) is 11.1 Å². The van der Waals surface area contributed by atoms with Crippen LogP contribution in [0.4, 0.5) is 0 Å². The minimum atomic E-state index is -0.0206. The Morgan fingerprint density at radius 2 is 1.66 bits per heavy atom. The minimum Gasteiger partial charge on any atom is -0.297 e. The van der Waals surface area contributed by atoms with E-state index in [0.717, 1.165) is 49.7 Å². The summed E-state index contributed by atoms with van der Waals surface area (Å²) in [5.74, 6) is 0.572. The molecule has 0 saturated heterocycles. The van der Waals surface area contributed by atoms with Crippen molar-refractivity contribution in [2.75, 3.05) is 0 Å². The Kier molecular flexibility index (Phi) is 9.10. The van der Waals surface area contributed by atoms with Gasteiger partial charge in [-0.15, -0.1) is 0 Å². The summed E-state index contributed by atoms with van der Waals surface area (Å²) in [5, 5.41) is 0.0913. The number of aryl methyl sites for hydroxylation is 1. The van der Waals surface area contributed by atoms with Crippen LogP contribution in [-0.4, -0.2) is 12.1 Å². The summed E-state index contributed by atoms with van der Waals surface area (Å²) in [6, 6.07) is 8.74. The van der Waals surface area contributed by atoms with Crippen LogP contribution < -0.4 is 0 Å². The molecule has 3 rings (SSSR count). The van der Waals surface area contributed by atoms with Crippen LogP contribution in [0.15, 0.2) is 58.2 Å². The molecule has 0 aromatic heterocycles. The summed E-state index contributed by atoms with van der Waals surface area (Å²) in [6.45, 7) is 8.06. The summed E-state index contributed by atoms with van der Waals surface area (Å²) >= 11 is 6.25. The fourth-order valence-electron chi connectivity index (χ4n) is 4.35. The lowest BCUT2D eigenvalue weighted by Gasteiger charge is -2.31. The molecule has 0 spiro atoms. The van der Waals surface area contributed by atoms with Gasteiger partial charge in [0.15, 0.2) is 12.1 Å². The fraction of sp³-hybridized carbons (Fsp3) is 0.462. The molecular weight excluding hydrogens is 380 g/mol. The third kappa shape index (κ3) is 5.79. The van der Waals surface area contributed by atoms with Gasteiger partial charge in [0.05, 0.1) is 5.03 Å². The molecule has 0 bridgehead atoms. The normalized spacial score (nSPS) is 22.4. The lowest BCUT2D eigenvalue weighted by Crippen LogP contribution is -2.22. The van der Waals surface area contributed by atoms with Crippen LogP contribution in [0.2, 0.25) is 0 Å². The largest absolute Gasteiger partial charge is 0.297 e. The quantitative estimate of drug-likeness (QED) is 0.377. The summed E-state index contributed by atoms with van der Waals surface area (Å²) in [6.07, 6.45) is 10.1. The smallest absolute Gasteiger partial charge is 0.187 e. The highest BCUT2D eigenvalue weighted by atomic mass is 35.5. The summed E-state index contributed by atoms with van der Waals surface area (Å²) in [7, 11) is 0. The molecule has 2 aliphatic carbocycles. The first-order chi connectivity index (χ1) is 14.0. The third-order valence-electron chi connectivity index (χ3n) is 5.97. The van der Waals surface area contributed by atoms with E-state index in [1.165, 1.54) is 11.1 Å². The zero-order valence-electron chi connectivity index (χ0n) is 18.1. The molecule has 29 heavy (non-hydrogen) atoms. The van der Waals surface area contributed by atoms with Gasteiger partial charge in [-0.1, -0.05) is 67.4 Å².